The number of carbonyl (C=O) groups excluding carboxylic acids is 1. The number of rotatable bonds is 1. The second-order valence-corrected chi connectivity index (χ2v) is 3.72. The molecule has 1 aliphatic heterocycles. The number of benzene rings is 1. The zero-order valence-electron chi connectivity index (χ0n) is 8.96. The van der Waals surface area contributed by atoms with Gasteiger partial charge in [0.1, 0.15) is 5.75 Å². The summed E-state index contributed by atoms with van der Waals surface area (Å²) in [6.45, 7) is 0. The van der Waals surface area contributed by atoms with E-state index in [1.807, 2.05) is 24.3 Å². The molecule has 3 rings (SSSR count). The SMILES string of the molecule is O=C1/C(=C\c2cccnc2)Oc2ccccc21. The molecular formula is C14H9NO2. The normalized spacial score (nSPS) is 15.8. The summed E-state index contributed by atoms with van der Waals surface area (Å²) in [5.74, 6) is 0.885. The van der Waals surface area contributed by atoms with E-state index >= 15 is 0 Å². The van der Waals surface area contributed by atoms with E-state index in [0.717, 1.165) is 5.56 Å². The van der Waals surface area contributed by atoms with E-state index in [2.05, 4.69) is 4.98 Å². The lowest BCUT2D eigenvalue weighted by Crippen LogP contribution is -1.97. The molecule has 1 aromatic heterocycles. The van der Waals surface area contributed by atoms with Crippen LogP contribution in [-0.4, -0.2) is 10.8 Å². The molecule has 1 aliphatic rings. The number of ether oxygens (including phenoxy) is 1. The van der Waals surface area contributed by atoms with Crippen LogP contribution >= 0.6 is 0 Å². The smallest absolute Gasteiger partial charge is 0.231 e. The summed E-state index contributed by atoms with van der Waals surface area (Å²) in [6.07, 6.45) is 5.08. The zero-order chi connectivity index (χ0) is 11.7. The van der Waals surface area contributed by atoms with Crippen LogP contribution in [0.3, 0.4) is 0 Å². The van der Waals surface area contributed by atoms with Gasteiger partial charge in [0.25, 0.3) is 0 Å². The van der Waals surface area contributed by atoms with Gasteiger partial charge in [-0.05, 0) is 29.8 Å². The molecule has 3 heteroatoms. The Morgan fingerprint density at radius 1 is 1.12 bits per heavy atom. The number of nitrogens with zero attached hydrogens (tertiary/aromatic N) is 1. The van der Waals surface area contributed by atoms with Crippen LogP contribution in [0.5, 0.6) is 5.75 Å². The molecule has 2 heterocycles. The molecule has 0 saturated heterocycles. The highest BCUT2D eigenvalue weighted by atomic mass is 16.5. The van der Waals surface area contributed by atoms with E-state index in [0.29, 0.717) is 17.1 Å². The van der Waals surface area contributed by atoms with Gasteiger partial charge in [-0.2, -0.15) is 0 Å². The Morgan fingerprint density at radius 2 is 2.00 bits per heavy atom. The van der Waals surface area contributed by atoms with Crippen molar-refractivity contribution in [2.45, 2.75) is 0 Å². The van der Waals surface area contributed by atoms with E-state index in [9.17, 15) is 4.79 Å². The fourth-order valence-corrected chi connectivity index (χ4v) is 1.75. The minimum Gasteiger partial charge on any atom is -0.452 e. The molecule has 82 valence electrons. The van der Waals surface area contributed by atoms with Gasteiger partial charge in [-0.1, -0.05) is 18.2 Å². The van der Waals surface area contributed by atoms with Crippen molar-refractivity contribution in [1.82, 2.24) is 4.98 Å². The quantitative estimate of drug-likeness (QED) is 0.698. The molecule has 0 radical (unpaired) electrons. The van der Waals surface area contributed by atoms with E-state index in [-0.39, 0.29) is 5.78 Å². The lowest BCUT2D eigenvalue weighted by atomic mass is 10.1. The monoisotopic (exact) mass is 223 g/mol. The molecule has 0 bridgehead atoms. The maximum atomic E-state index is 12.0. The van der Waals surface area contributed by atoms with Crippen LogP contribution < -0.4 is 4.74 Å². The molecule has 0 unspecified atom stereocenters. The maximum Gasteiger partial charge on any atom is 0.231 e. The minimum absolute atomic E-state index is 0.0792. The molecule has 0 amide bonds. The predicted octanol–water partition coefficient (Wildman–Crippen LogP) is 2.70. The van der Waals surface area contributed by atoms with Crippen molar-refractivity contribution in [1.29, 1.82) is 0 Å². The number of carbonyl (C=O) groups is 1. The van der Waals surface area contributed by atoms with Crippen LogP contribution in [0.25, 0.3) is 6.08 Å². The first-order valence-corrected chi connectivity index (χ1v) is 5.28. The largest absolute Gasteiger partial charge is 0.452 e. The Labute approximate surface area is 98.4 Å². The van der Waals surface area contributed by atoms with Gasteiger partial charge in [0.2, 0.25) is 5.78 Å². The van der Waals surface area contributed by atoms with Crippen LogP contribution in [0.1, 0.15) is 15.9 Å². The Balaban J connectivity index is 2.00. The van der Waals surface area contributed by atoms with E-state index in [1.165, 1.54) is 0 Å². The first kappa shape index (κ1) is 9.78. The average molecular weight is 223 g/mol. The Kier molecular flexibility index (Phi) is 2.22. The third kappa shape index (κ3) is 1.72. The molecule has 2 aromatic rings. The third-order valence-electron chi connectivity index (χ3n) is 2.56. The summed E-state index contributed by atoms with van der Waals surface area (Å²) in [6, 6.07) is 10.9. The Bertz CT molecular complexity index is 603. The molecule has 0 fully saturated rings. The summed E-state index contributed by atoms with van der Waals surface area (Å²) in [7, 11) is 0. The average Bonchev–Trinajstić information content (AvgIpc) is 2.68. The number of pyridine rings is 1. The van der Waals surface area contributed by atoms with Crippen molar-refractivity contribution in [2.75, 3.05) is 0 Å². The number of hydrogen-bond acceptors (Lipinski definition) is 3. The molecule has 0 N–H and O–H groups in total. The van der Waals surface area contributed by atoms with Gasteiger partial charge >= 0.3 is 0 Å². The zero-order valence-corrected chi connectivity index (χ0v) is 8.96. The first-order chi connectivity index (χ1) is 8.34. The number of hydrogen-bond donors (Lipinski definition) is 0. The van der Waals surface area contributed by atoms with Gasteiger partial charge in [0.15, 0.2) is 5.76 Å². The Morgan fingerprint density at radius 3 is 2.76 bits per heavy atom. The summed E-state index contributed by atoms with van der Waals surface area (Å²) in [4.78, 5) is 16.0. The second-order valence-electron chi connectivity index (χ2n) is 3.72. The molecule has 1 aromatic carbocycles. The minimum atomic E-state index is -0.0792. The number of aromatic nitrogens is 1. The lowest BCUT2D eigenvalue weighted by molar-refractivity contribution is 0.101. The number of ketones is 1. The van der Waals surface area contributed by atoms with Gasteiger partial charge in [0, 0.05) is 12.4 Å². The highest BCUT2D eigenvalue weighted by Gasteiger charge is 2.26. The van der Waals surface area contributed by atoms with Crippen molar-refractivity contribution in [3.63, 3.8) is 0 Å². The third-order valence-corrected chi connectivity index (χ3v) is 2.56. The van der Waals surface area contributed by atoms with Crippen molar-refractivity contribution in [3.05, 3.63) is 65.7 Å². The standard InChI is InChI=1S/C14H9NO2/c16-14-11-5-1-2-6-12(11)17-13(14)8-10-4-3-7-15-9-10/h1-9H/b13-8+. The summed E-state index contributed by atoms with van der Waals surface area (Å²) >= 11 is 0. The van der Waals surface area contributed by atoms with Crippen molar-refractivity contribution in [2.24, 2.45) is 0 Å². The van der Waals surface area contributed by atoms with Gasteiger partial charge < -0.3 is 4.74 Å². The number of allylic oxidation sites excluding steroid dienone is 1. The second kappa shape index (κ2) is 3.87. The lowest BCUT2D eigenvalue weighted by Gasteiger charge is -1.97. The first-order valence-electron chi connectivity index (χ1n) is 5.28. The van der Waals surface area contributed by atoms with Crippen LogP contribution in [0, 0.1) is 0 Å². The van der Waals surface area contributed by atoms with Gasteiger partial charge in [-0.25, -0.2) is 0 Å². The molecule has 0 spiro atoms. The fraction of sp³-hybridized carbons (Fsp3) is 0. The summed E-state index contributed by atoms with van der Waals surface area (Å²) in [5, 5.41) is 0. The van der Waals surface area contributed by atoms with Crippen molar-refractivity contribution in [3.8, 4) is 5.75 Å². The van der Waals surface area contributed by atoms with Gasteiger partial charge in [0.05, 0.1) is 5.56 Å². The fourth-order valence-electron chi connectivity index (χ4n) is 1.75. The number of fused-ring (bicyclic) bond motifs is 1. The van der Waals surface area contributed by atoms with Crippen LogP contribution in [0.2, 0.25) is 0 Å². The van der Waals surface area contributed by atoms with Gasteiger partial charge in [-0.15, -0.1) is 0 Å². The van der Waals surface area contributed by atoms with Crippen LogP contribution in [-0.2, 0) is 0 Å². The molecule has 0 saturated carbocycles. The molecular weight excluding hydrogens is 214 g/mol. The predicted molar refractivity (Wildman–Crippen MR) is 63.6 cm³/mol. The van der Waals surface area contributed by atoms with Crippen molar-refractivity contribution >= 4 is 11.9 Å². The number of Topliss-reactive ketones (excluding diaryl/α,β-unsaturated/α-hetero) is 1. The molecule has 0 atom stereocenters. The highest BCUT2D eigenvalue weighted by Crippen LogP contribution is 2.31. The molecule has 17 heavy (non-hydrogen) atoms. The van der Waals surface area contributed by atoms with E-state index in [1.54, 1.807) is 30.6 Å². The van der Waals surface area contributed by atoms with Crippen LogP contribution in [0.15, 0.2) is 54.6 Å². The Hall–Kier alpha value is -2.42. The number of para-hydroxylation sites is 1. The summed E-state index contributed by atoms with van der Waals surface area (Å²) in [5.41, 5.74) is 1.46. The molecule has 3 nitrogen and oxygen atoms in total. The topological polar surface area (TPSA) is 39.2 Å². The van der Waals surface area contributed by atoms with Gasteiger partial charge in [-0.3, -0.25) is 9.78 Å². The summed E-state index contributed by atoms with van der Waals surface area (Å²) < 4.78 is 5.51. The highest BCUT2D eigenvalue weighted by molar-refractivity contribution is 6.14. The van der Waals surface area contributed by atoms with E-state index in [4.69, 9.17) is 4.74 Å². The van der Waals surface area contributed by atoms with Crippen molar-refractivity contribution < 1.29 is 9.53 Å². The van der Waals surface area contributed by atoms with Crippen LogP contribution in [0.4, 0.5) is 0 Å². The maximum absolute atomic E-state index is 12.0. The van der Waals surface area contributed by atoms with E-state index < -0.39 is 0 Å². The molecule has 0 aliphatic carbocycles.